The van der Waals surface area contributed by atoms with E-state index in [0.717, 1.165) is 5.56 Å². The van der Waals surface area contributed by atoms with Crippen LogP contribution in [0, 0.1) is 6.92 Å². The van der Waals surface area contributed by atoms with E-state index in [-0.39, 0.29) is 4.90 Å². The van der Waals surface area contributed by atoms with E-state index < -0.39 is 10.0 Å². The highest BCUT2D eigenvalue weighted by molar-refractivity contribution is 7.92. The normalized spacial score (nSPS) is 11.3. The van der Waals surface area contributed by atoms with Gasteiger partial charge in [-0.25, -0.2) is 8.42 Å². The van der Waals surface area contributed by atoms with Crippen LogP contribution in [0.5, 0.6) is 0 Å². The Morgan fingerprint density at radius 1 is 1.16 bits per heavy atom. The third-order valence-corrected chi connectivity index (χ3v) is 4.25. The van der Waals surface area contributed by atoms with Crippen LogP contribution >= 0.6 is 11.6 Å². The zero-order chi connectivity index (χ0) is 14.0. The fourth-order valence-electron chi connectivity index (χ4n) is 1.55. The van der Waals surface area contributed by atoms with Crippen molar-refractivity contribution < 1.29 is 8.42 Å². The molecule has 0 aromatic heterocycles. The SMILES string of the molecule is Cc1ccc(NS(=O)(=O)c2cccc(Cl)c2)cc1N. The lowest BCUT2D eigenvalue weighted by Gasteiger charge is -2.09. The lowest BCUT2D eigenvalue weighted by Crippen LogP contribution is -2.13. The van der Waals surface area contributed by atoms with Crippen LogP contribution in [0.1, 0.15) is 5.56 Å². The molecule has 0 aliphatic carbocycles. The van der Waals surface area contributed by atoms with Crippen LogP contribution in [0.15, 0.2) is 47.4 Å². The number of anilines is 2. The summed E-state index contributed by atoms with van der Waals surface area (Å²) in [5.41, 5.74) is 7.59. The standard InChI is InChI=1S/C13H13ClN2O2S/c1-9-5-6-11(8-13(9)15)16-19(17,18)12-4-2-3-10(14)7-12/h2-8,16H,15H2,1H3. The van der Waals surface area contributed by atoms with Gasteiger partial charge in [0.1, 0.15) is 0 Å². The Balaban J connectivity index is 2.33. The van der Waals surface area contributed by atoms with Crippen molar-refractivity contribution in [1.29, 1.82) is 0 Å². The summed E-state index contributed by atoms with van der Waals surface area (Å²) >= 11 is 5.79. The van der Waals surface area contributed by atoms with E-state index in [1.54, 1.807) is 30.3 Å². The quantitative estimate of drug-likeness (QED) is 0.855. The molecule has 0 heterocycles. The number of hydrogen-bond acceptors (Lipinski definition) is 3. The largest absolute Gasteiger partial charge is 0.398 e. The minimum atomic E-state index is -3.66. The zero-order valence-corrected chi connectivity index (χ0v) is 11.8. The van der Waals surface area contributed by atoms with Gasteiger partial charge in [-0.2, -0.15) is 0 Å². The molecule has 0 saturated carbocycles. The van der Waals surface area contributed by atoms with Gasteiger partial charge in [-0.1, -0.05) is 23.7 Å². The second-order valence-corrected chi connectivity index (χ2v) is 6.25. The van der Waals surface area contributed by atoms with Crippen molar-refractivity contribution in [3.63, 3.8) is 0 Å². The van der Waals surface area contributed by atoms with Gasteiger partial charge in [0.15, 0.2) is 0 Å². The van der Waals surface area contributed by atoms with Crippen LogP contribution in [0.3, 0.4) is 0 Å². The van der Waals surface area contributed by atoms with Crippen LogP contribution in [0.25, 0.3) is 0 Å². The average molecular weight is 297 g/mol. The second kappa shape index (κ2) is 5.11. The molecule has 3 N–H and O–H groups in total. The van der Waals surface area contributed by atoms with Gasteiger partial charge in [0.05, 0.1) is 10.6 Å². The summed E-state index contributed by atoms with van der Waals surface area (Å²) in [6.07, 6.45) is 0. The third-order valence-electron chi connectivity index (χ3n) is 2.64. The highest BCUT2D eigenvalue weighted by atomic mass is 35.5. The molecular formula is C13H13ClN2O2S. The van der Waals surface area contributed by atoms with Gasteiger partial charge in [-0.3, -0.25) is 4.72 Å². The zero-order valence-electron chi connectivity index (χ0n) is 10.2. The topological polar surface area (TPSA) is 72.2 Å². The molecule has 0 amide bonds. The van der Waals surface area contributed by atoms with Gasteiger partial charge in [-0.15, -0.1) is 0 Å². The highest BCUT2D eigenvalue weighted by Crippen LogP contribution is 2.22. The first-order chi connectivity index (χ1) is 8.88. The van der Waals surface area contributed by atoms with E-state index in [1.165, 1.54) is 12.1 Å². The van der Waals surface area contributed by atoms with E-state index in [1.807, 2.05) is 6.92 Å². The van der Waals surface area contributed by atoms with E-state index in [4.69, 9.17) is 17.3 Å². The molecule has 0 saturated heterocycles. The Labute approximate surface area is 117 Å². The molecule has 6 heteroatoms. The molecule has 100 valence electrons. The smallest absolute Gasteiger partial charge is 0.261 e. The summed E-state index contributed by atoms with van der Waals surface area (Å²) in [5.74, 6) is 0. The number of rotatable bonds is 3. The van der Waals surface area contributed by atoms with E-state index in [9.17, 15) is 8.42 Å². The van der Waals surface area contributed by atoms with Crippen molar-refractivity contribution in [2.75, 3.05) is 10.5 Å². The van der Waals surface area contributed by atoms with Gasteiger partial charge in [0, 0.05) is 10.7 Å². The summed E-state index contributed by atoms with van der Waals surface area (Å²) in [7, 11) is -3.66. The van der Waals surface area contributed by atoms with Gasteiger partial charge < -0.3 is 5.73 Å². The first kappa shape index (κ1) is 13.7. The Morgan fingerprint density at radius 2 is 1.89 bits per heavy atom. The molecule has 0 spiro atoms. The first-order valence-electron chi connectivity index (χ1n) is 5.53. The maximum atomic E-state index is 12.1. The summed E-state index contributed by atoms with van der Waals surface area (Å²) in [4.78, 5) is 0.110. The minimum Gasteiger partial charge on any atom is -0.398 e. The molecule has 0 bridgehead atoms. The number of nitrogens with two attached hydrogens (primary N) is 1. The predicted octanol–water partition coefficient (Wildman–Crippen LogP) is 3.03. The van der Waals surface area contributed by atoms with Gasteiger partial charge in [-0.05, 0) is 42.8 Å². The van der Waals surface area contributed by atoms with Gasteiger partial charge in [0.2, 0.25) is 0 Å². The molecule has 0 aliphatic heterocycles. The van der Waals surface area contributed by atoms with Crippen LogP contribution in [-0.4, -0.2) is 8.42 Å². The molecule has 4 nitrogen and oxygen atoms in total. The molecule has 0 fully saturated rings. The molecule has 0 aliphatic rings. The second-order valence-electron chi connectivity index (χ2n) is 4.13. The number of hydrogen-bond donors (Lipinski definition) is 2. The Hall–Kier alpha value is -1.72. The molecule has 0 atom stereocenters. The van der Waals surface area contributed by atoms with Gasteiger partial charge >= 0.3 is 0 Å². The van der Waals surface area contributed by atoms with E-state index >= 15 is 0 Å². The first-order valence-corrected chi connectivity index (χ1v) is 7.39. The van der Waals surface area contributed by atoms with Crippen molar-refractivity contribution in [3.8, 4) is 0 Å². The fraction of sp³-hybridized carbons (Fsp3) is 0.0769. The molecular weight excluding hydrogens is 284 g/mol. The molecule has 2 aromatic rings. The number of nitrogens with one attached hydrogen (secondary N) is 1. The van der Waals surface area contributed by atoms with Crippen molar-refractivity contribution in [1.82, 2.24) is 0 Å². The molecule has 19 heavy (non-hydrogen) atoms. The van der Waals surface area contributed by atoms with Crippen molar-refractivity contribution in [2.24, 2.45) is 0 Å². The van der Waals surface area contributed by atoms with E-state index in [0.29, 0.717) is 16.4 Å². The van der Waals surface area contributed by atoms with E-state index in [2.05, 4.69) is 4.72 Å². The van der Waals surface area contributed by atoms with Crippen molar-refractivity contribution in [2.45, 2.75) is 11.8 Å². The van der Waals surface area contributed by atoms with Gasteiger partial charge in [0.25, 0.3) is 10.0 Å². The Kier molecular flexibility index (Phi) is 3.68. The van der Waals surface area contributed by atoms with Crippen LogP contribution in [0.4, 0.5) is 11.4 Å². The maximum absolute atomic E-state index is 12.1. The number of halogens is 1. The van der Waals surface area contributed by atoms with Crippen molar-refractivity contribution in [3.05, 3.63) is 53.1 Å². The number of benzene rings is 2. The summed E-state index contributed by atoms with van der Waals surface area (Å²) < 4.78 is 26.7. The molecule has 0 unspecified atom stereocenters. The predicted molar refractivity (Wildman–Crippen MR) is 77.9 cm³/mol. The Morgan fingerprint density at radius 3 is 2.53 bits per heavy atom. The number of sulfonamides is 1. The summed E-state index contributed by atoms with van der Waals surface area (Å²) in [5, 5.41) is 0.367. The van der Waals surface area contributed by atoms with Crippen LogP contribution < -0.4 is 10.5 Å². The molecule has 2 aromatic carbocycles. The fourth-order valence-corrected chi connectivity index (χ4v) is 2.90. The minimum absolute atomic E-state index is 0.110. The molecule has 2 rings (SSSR count). The molecule has 0 radical (unpaired) electrons. The highest BCUT2D eigenvalue weighted by Gasteiger charge is 2.14. The lowest BCUT2D eigenvalue weighted by atomic mass is 10.2. The average Bonchev–Trinajstić information content (AvgIpc) is 2.33. The number of nitrogen functional groups attached to an aromatic ring is 1. The monoisotopic (exact) mass is 296 g/mol. The third kappa shape index (κ3) is 3.19. The summed E-state index contributed by atoms with van der Waals surface area (Å²) in [6, 6.07) is 11.1. The number of aryl methyl sites for hydroxylation is 1. The van der Waals surface area contributed by atoms with Crippen LogP contribution in [-0.2, 0) is 10.0 Å². The lowest BCUT2D eigenvalue weighted by molar-refractivity contribution is 0.601. The summed E-state index contributed by atoms with van der Waals surface area (Å²) in [6.45, 7) is 1.85. The van der Waals surface area contributed by atoms with Crippen molar-refractivity contribution >= 4 is 33.0 Å². The van der Waals surface area contributed by atoms with Crippen LogP contribution in [0.2, 0.25) is 5.02 Å². The Bertz CT molecular complexity index is 714. The maximum Gasteiger partial charge on any atom is 0.261 e.